The van der Waals surface area contributed by atoms with Gasteiger partial charge in [0.15, 0.2) is 11.5 Å². The third-order valence-electron chi connectivity index (χ3n) is 6.48. The van der Waals surface area contributed by atoms with Crippen molar-refractivity contribution >= 4 is 39.1 Å². The van der Waals surface area contributed by atoms with Crippen LogP contribution in [0.2, 0.25) is 5.02 Å². The summed E-state index contributed by atoms with van der Waals surface area (Å²) in [6.45, 7) is 6.09. The number of halogens is 1. The highest BCUT2D eigenvalue weighted by Gasteiger charge is 2.30. The Morgan fingerprint density at radius 2 is 1.79 bits per heavy atom. The summed E-state index contributed by atoms with van der Waals surface area (Å²) < 4.78 is 37.1. The fourth-order valence-corrected chi connectivity index (χ4v) is 5.37. The van der Waals surface area contributed by atoms with Gasteiger partial charge in [-0.3, -0.25) is 13.9 Å². The lowest BCUT2D eigenvalue weighted by Crippen LogP contribution is -2.50. The van der Waals surface area contributed by atoms with Crippen molar-refractivity contribution in [2.75, 3.05) is 23.9 Å². The van der Waals surface area contributed by atoms with Gasteiger partial charge in [0.25, 0.3) is 0 Å². The number of nitrogens with one attached hydrogen (secondary N) is 1. The molecule has 1 aliphatic heterocycles. The molecule has 0 unspecified atom stereocenters. The van der Waals surface area contributed by atoms with Gasteiger partial charge >= 0.3 is 0 Å². The molecule has 9 nitrogen and oxygen atoms in total. The van der Waals surface area contributed by atoms with Gasteiger partial charge in [-0.25, -0.2) is 8.42 Å². The fourth-order valence-electron chi connectivity index (χ4n) is 4.22. The molecule has 0 saturated carbocycles. The molecule has 1 heterocycles. The first-order valence-corrected chi connectivity index (χ1v) is 15.0. The van der Waals surface area contributed by atoms with E-state index in [1.165, 1.54) is 4.31 Å². The van der Waals surface area contributed by atoms with E-state index in [1.54, 1.807) is 35.2 Å². The van der Waals surface area contributed by atoms with Crippen LogP contribution in [-0.4, -0.2) is 56.8 Å². The number of sulfonamides is 1. The molecule has 0 saturated heterocycles. The number of rotatable bonds is 13. The van der Waals surface area contributed by atoms with Crippen LogP contribution in [0.4, 0.5) is 5.69 Å². The number of benzene rings is 2. The minimum absolute atomic E-state index is 0.0289. The smallest absolute Gasteiger partial charge is 0.243 e. The summed E-state index contributed by atoms with van der Waals surface area (Å²) in [6.07, 6.45) is 2.61. The molecule has 1 aliphatic rings. The summed E-state index contributed by atoms with van der Waals surface area (Å²) in [4.78, 5) is 28.2. The van der Waals surface area contributed by atoms with Gasteiger partial charge in [0.2, 0.25) is 28.6 Å². The number of hydrogen-bond donors (Lipinski definition) is 1. The lowest BCUT2D eigenvalue weighted by atomic mass is 10.1. The predicted molar refractivity (Wildman–Crippen MR) is 148 cm³/mol. The number of hydrogen-bond acceptors (Lipinski definition) is 6. The lowest BCUT2D eigenvalue weighted by molar-refractivity contribution is -0.141. The Bertz CT molecular complexity index is 1240. The lowest BCUT2D eigenvalue weighted by Gasteiger charge is -2.32. The molecule has 1 N–H and O–H groups in total. The van der Waals surface area contributed by atoms with E-state index in [2.05, 4.69) is 5.32 Å². The molecular weight excluding hydrogens is 530 g/mol. The zero-order valence-electron chi connectivity index (χ0n) is 22.3. The highest BCUT2D eigenvalue weighted by atomic mass is 35.5. The first-order chi connectivity index (χ1) is 18.0. The van der Waals surface area contributed by atoms with Crippen molar-refractivity contribution in [3.8, 4) is 11.5 Å². The van der Waals surface area contributed by atoms with Crippen LogP contribution in [0, 0.1) is 0 Å². The Morgan fingerprint density at radius 1 is 1.08 bits per heavy atom. The number of carbonyl (C=O) groups excluding carboxylic acids is 2. The highest BCUT2D eigenvalue weighted by molar-refractivity contribution is 7.92. The summed E-state index contributed by atoms with van der Waals surface area (Å²) >= 11 is 6.38. The van der Waals surface area contributed by atoms with Crippen molar-refractivity contribution in [2.45, 2.75) is 65.1 Å². The second kappa shape index (κ2) is 13.2. The Labute approximate surface area is 230 Å². The summed E-state index contributed by atoms with van der Waals surface area (Å²) in [7, 11) is -3.63. The molecular formula is C27H36ClN3O6S. The van der Waals surface area contributed by atoms with E-state index in [9.17, 15) is 18.0 Å². The van der Waals surface area contributed by atoms with Gasteiger partial charge in [-0.1, -0.05) is 43.6 Å². The maximum absolute atomic E-state index is 13.5. The predicted octanol–water partition coefficient (Wildman–Crippen LogP) is 4.34. The Kier molecular flexibility index (Phi) is 10.3. The number of ether oxygens (including phenoxy) is 2. The number of anilines is 1. The average molecular weight is 566 g/mol. The molecule has 0 aromatic heterocycles. The monoisotopic (exact) mass is 565 g/mol. The maximum atomic E-state index is 13.5. The second-order valence-corrected chi connectivity index (χ2v) is 11.6. The van der Waals surface area contributed by atoms with Crippen LogP contribution in [0.25, 0.3) is 0 Å². The van der Waals surface area contributed by atoms with Gasteiger partial charge in [0.1, 0.15) is 6.04 Å². The van der Waals surface area contributed by atoms with Crippen LogP contribution in [-0.2, 0) is 26.2 Å². The SMILES string of the molecule is CC[C@H](C)NC(=O)[C@H](CC)N(Cc1ccccc1Cl)C(=O)CCCN(c1ccc2c(c1)OCO2)S(C)(=O)=O. The van der Waals surface area contributed by atoms with Gasteiger partial charge in [-0.05, 0) is 49.9 Å². The summed E-state index contributed by atoms with van der Waals surface area (Å²) in [5.74, 6) is 0.542. The molecule has 2 aromatic carbocycles. The van der Waals surface area contributed by atoms with Crippen molar-refractivity contribution in [1.82, 2.24) is 10.2 Å². The Hall–Kier alpha value is -2.98. The van der Waals surface area contributed by atoms with Crippen LogP contribution in [0.5, 0.6) is 11.5 Å². The van der Waals surface area contributed by atoms with E-state index in [4.69, 9.17) is 21.1 Å². The number of amides is 2. The second-order valence-electron chi connectivity index (χ2n) is 9.33. The van der Waals surface area contributed by atoms with Crippen molar-refractivity contribution < 1.29 is 27.5 Å². The summed E-state index contributed by atoms with van der Waals surface area (Å²) in [5.41, 5.74) is 1.16. The Morgan fingerprint density at radius 3 is 2.45 bits per heavy atom. The maximum Gasteiger partial charge on any atom is 0.243 e. The minimum Gasteiger partial charge on any atom is -0.454 e. The van der Waals surface area contributed by atoms with E-state index in [-0.39, 0.29) is 50.6 Å². The zero-order chi connectivity index (χ0) is 27.9. The van der Waals surface area contributed by atoms with Crippen LogP contribution in [0.15, 0.2) is 42.5 Å². The molecule has 0 bridgehead atoms. The van der Waals surface area contributed by atoms with Gasteiger partial charge < -0.3 is 19.7 Å². The molecule has 208 valence electrons. The van der Waals surface area contributed by atoms with Crippen molar-refractivity contribution in [3.63, 3.8) is 0 Å². The van der Waals surface area contributed by atoms with Crippen LogP contribution in [0.3, 0.4) is 0 Å². The molecule has 2 amide bonds. The van der Waals surface area contributed by atoms with E-state index >= 15 is 0 Å². The van der Waals surface area contributed by atoms with Crippen LogP contribution in [0.1, 0.15) is 52.0 Å². The minimum atomic E-state index is -3.63. The van der Waals surface area contributed by atoms with E-state index in [0.29, 0.717) is 28.6 Å². The summed E-state index contributed by atoms with van der Waals surface area (Å²) in [6, 6.07) is 11.4. The van der Waals surface area contributed by atoms with Crippen LogP contribution < -0.4 is 19.1 Å². The van der Waals surface area contributed by atoms with Crippen molar-refractivity contribution in [1.29, 1.82) is 0 Å². The zero-order valence-corrected chi connectivity index (χ0v) is 23.8. The fraction of sp³-hybridized carbons (Fsp3) is 0.481. The normalized spacial score (nSPS) is 14.0. The summed E-state index contributed by atoms with van der Waals surface area (Å²) in [5, 5.41) is 3.48. The standard InChI is InChI=1S/C27H36ClN3O6S/c1-5-19(3)29-27(33)23(6-2)30(17-20-10-7-8-11-22(20)28)26(32)12-9-15-31(38(4,34)35)21-13-14-24-25(16-21)37-18-36-24/h7-8,10-11,13-14,16,19,23H,5-6,9,12,15,17-18H2,1-4H3,(H,29,33)/t19-,23-/m0/s1. The highest BCUT2D eigenvalue weighted by Crippen LogP contribution is 2.36. The third-order valence-corrected chi connectivity index (χ3v) is 8.04. The van der Waals surface area contributed by atoms with Gasteiger partial charge in [-0.2, -0.15) is 0 Å². The Balaban J connectivity index is 1.77. The van der Waals surface area contributed by atoms with E-state index in [1.807, 2.05) is 32.9 Å². The van der Waals surface area contributed by atoms with Gasteiger partial charge in [-0.15, -0.1) is 0 Å². The molecule has 38 heavy (non-hydrogen) atoms. The largest absolute Gasteiger partial charge is 0.454 e. The van der Waals surface area contributed by atoms with E-state index < -0.39 is 16.1 Å². The molecule has 3 rings (SSSR count). The molecule has 11 heteroatoms. The number of fused-ring (bicyclic) bond motifs is 1. The molecule has 0 aliphatic carbocycles. The number of carbonyl (C=O) groups is 2. The topological polar surface area (TPSA) is 105 Å². The van der Waals surface area contributed by atoms with Gasteiger partial charge in [0, 0.05) is 36.6 Å². The number of nitrogens with zero attached hydrogens (tertiary/aromatic N) is 2. The molecule has 2 aromatic rings. The van der Waals surface area contributed by atoms with Crippen LogP contribution >= 0.6 is 11.6 Å². The van der Waals surface area contributed by atoms with Crippen molar-refractivity contribution in [3.05, 3.63) is 53.1 Å². The molecule has 0 spiro atoms. The third kappa shape index (κ3) is 7.54. The molecule has 2 atom stereocenters. The first kappa shape index (κ1) is 29.6. The molecule has 0 radical (unpaired) electrons. The quantitative estimate of drug-likeness (QED) is 0.387. The van der Waals surface area contributed by atoms with Gasteiger partial charge in [0.05, 0.1) is 11.9 Å². The first-order valence-electron chi connectivity index (χ1n) is 12.8. The van der Waals surface area contributed by atoms with Crippen molar-refractivity contribution in [2.24, 2.45) is 0 Å². The molecule has 0 fully saturated rings. The average Bonchev–Trinajstić information content (AvgIpc) is 3.34. The van der Waals surface area contributed by atoms with E-state index in [0.717, 1.165) is 18.2 Å².